The zero-order valence-corrected chi connectivity index (χ0v) is 23.1. The predicted molar refractivity (Wildman–Crippen MR) is 143 cm³/mol. The van der Waals surface area contributed by atoms with Crippen LogP contribution in [-0.2, 0) is 13.1 Å². The third kappa shape index (κ3) is 6.87. The fourth-order valence-electron chi connectivity index (χ4n) is 5.18. The summed E-state index contributed by atoms with van der Waals surface area (Å²) in [6, 6.07) is 3.03. The number of amides is 1. The molecule has 0 bridgehead atoms. The van der Waals surface area contributed by atoms with Crippen LogP contribution in [-0.4, -0.2) is 85.7 Å². The summed E-state index contributed by atoms with van der Waals surface area (Å²) in [6.07, 6.45) is 4.24. The van der Waals surface area contributed by atoms with Gasteiger partial charge in [-0.25, -0.2) is 14.1 Å². The molecular formula is C27H27F6N9O2. The second-order valence-electron chi connectivity index (χ2n) is 10.7. The number of alkyl halides is 5. The van der Waals surface area contributed by atoms with Crippen molar-refractivity contribution >= 4 is 17.2 Å². The van der Waals surface area contributed by atoms with Crippen LogP contribution in [0.4, 0.5) is 32.0 Å². The quantitative estimate of drug-likeness (QED) is 0.268. The van der Waals surface area contributed by atoms with E-state index in [1.54, 1.807) is 0 Å². The van der Waals surface area contributed by atoms with Crippen LogP contribution in [0.5, 0.6) is 5.75 Å². The highest BCUT2D eigenvalue weighted by Gasteiger charge is 2.33. The first-order chi connectivity index (χ1) is 21.0. The molecule has 4 aromatic heterocycles. The fourth-order valence-corrected chi connectivity index (χ4v) is 5.18. The first-order valence-electron chi connectivity index (χ1n) is 13.8. The van der Waals surface area contributed by atoms with Gasteiger partial charge in [0, 0.05) is 50.8 Å². The summed E-state index contributed by atoms with van der Waals surface area (Å²) in [5.41, 5.74) is 2.92. The monoisotopic (exact) mass is 623 g/mol. The van der Waals surface area contributed by atoms with Gasteiger partial charge < -0.3 is 19.4 Å². The summed E-state index contributed by atoms with van der Waals surface area (Å²) in [5, 5.41) is 10.3. The van der Waals surface area contributed by atoms with E-state index in [0.717, 1.165) is 36.4 Å². The molecule has 2 fully saturated rings. The van der Waals surface area contributed by atoms with Crippen molar-refractivity contribution in [2.24, 2.45) is 0 Å². The highest BCUT2D eigenvalue weighted by Crippen LogP contribution is 2.42. The molecule has 0 unspecified atom stereocenters. The van der Waals surface area contributed by atoms with E-state index in [9.17, 15) is 31.1 Å². The number of rotatable bonds is 10. The van der Waals surface area contributed by atoms with E-state index in [1.807, 2.05) is 16.8 Å². The summed E-state index contributed by atoms with van der Waals surface area (Å²) >= 11 is 0. The molecule has 0 spiro atoms. The molecule has 11 nitrogen and oxygen atoms in total. The molecule has 234 valence electrons. The SMILES string of the molecule is O=C(NCc1nccc(OC(F)F)c1F)c1cn(Cc2cn3cc(C4CC4)cc(N4CCN(CC(F)(F)F)CC4)c3n2)nn1. The molecule has 1 aliphatic carbocycles. The molecule has 4 aromatic rings. The lowest BCUT2D eigenvalue weighted by Gasteiger charge is -2.36. The van der Waals surface area contributed by atoms with E-state index in [0.29, 0.717) is 30.3 Å². The maximum Gasteiger partial charge on any atom is 0.401 e. The van der Waals surface area contributed by atoms with Gasteiger partial charge in [0.1, 0.15) is 0 Å². The minimum absolute atomic E-state index is 0.0670. The number of nitrogens with zero attached hydrogens (tertiary/aromatic N) is 8. The molecule has 44 heavy (non-hydrogen) atoms. The molecule has 0 radical (unpaired) electrons. The Bertz CT molecular complexity index is 1640. The number of carbonyl (C=O) groups is 1. The van der Waals surface area contributed by atoms with Crippen molar-refractivity contribution in [2.75, 3.05) is 37.6 Å². The molecule has 0 atom stereocenters. The second kappa shape index (κ2) is 11.9. The summed E-state index contributed by atoms with van der Waals surface area (Å²) in [4.78, 5) is 24.6. The first kappa shape index (κ1) is 29.7. The minimum atomic E-state index is -4.24. The highest BCUT2D eigenvalue weighted by molar-refractivity contribution is 5.91. The highest BCUT2D eigenvalue weighted by atomic mass is 19.4. The van der Waals surface area contributed by atoms with E-state index < -0.39 is 43.4 Å². The minimum Gasteiger partial charge on any atom is -0.432 e. The van der Waals surface area contributed by atoms with Gasteiger partial charge in [0.05, 0.1) is 42.9 Å². The Morgan fingerprint density at radius 2 is 1.89 bits per heavy atom. The predicted octanol–water partition coefficient (Wildman–Crippen LogP) is 3.60. The average molecular weight is 624 g/mol. The Labute approximate surface area is 246 Å². The van der Waals surface area contributed by atoms with Crippen molar-refractivity contribution in [3.63, 3.8) is 0 Å². The Hall–Kier alpha value is -4.41. The van der Waals surface area contributed by atoms with Gasteiger partial charge in [-0.05, 0) is 30.4 Å². The third-order valence-corrected chi connectivity index (χ3v) is 7.42. The topological polar surface area (TPSA) is 106 Å². The van der Waals surface area contributed by atoms with Gasteiger partial charge >= 0.3 is 12.8 Å². The first-order valence-corrected chi connectivity index (χ1v) is 13.8. The van der Waals surface area contributed by atoms with Crippen molar-refractivity contribution in [1.29, 1.82) is 0 Å². The number of imidazole rings is 1. The summed E-state index contributed by atoms with van der Waals surface area (Å²) < 4.78 is 85.3. The molecule has 2 aliphatic rings. The van der Waals surface area contributed by atoms with Gasteiger partial charge in [0.15, 0.2) is 22.9 Å². The molecule has 1 amide bonds. The molecule has 1 saturated heterocycles. The molecule has 0 aromatic carbocycles. The van der Waals surface area contributed by atoms with Crippen LogP contribution in [0.3, 0.4) is 0 Å². The summed E-state index contributed by atoms with van der Waals surface area (Å²) in [7, 11) is 0. The number of halogens is 6. The molecule has 6 rings (SSSR count). The lowest BCUT2D eigenvalue weighted by Crippen LogP contribution is -2.49. The summed E-state index contributed by atoms with van der Waals surface area (Å²) in [5.74, 6) is -2.05. The standard InChI is InChI=1S/C27H27F6N9O2/c28-23-19(34-4-3-22(23)44-26(29)30)10-35-25(43)20-14-42(38-37-20)13-18-12-41-11-17(16-1-2-16)9-21(24(41)36-18)40-7-5-39(6-8-40)15-27(31,32)33/h3-4,9,11-12,14,16,26H,1-2,5-8,10,13,15H2,(H,35,43). The van der Waals surface area contributed by atoms with Gasteiger partial charge in [-0.1, -0.05) is 5.21 Å². The largest absolute Gasteiger partial charge is 0.432 e. The maximum absolute atomic E-state index is 14.4. The smallest absolute Gasteiger partial charge is 0.401 e. The number of nitrogens with one attached hydrogen (secondary N) is 1. The van der Waals surface area contributed by atoms with Crippen LogP contribution in [0.2, 0.25) is 0 Å². The average Bonchev–Trinajstić information content (AvgIpc) is 3.58. The van der Waals surface area contributed by atoms with Gasteiger partial charge in [-0.15, -0.1) is 5.10 Å². The fraction of sp³-hybridized carbons (Fsp3) is 0.444. The normalized spacial score (nSPS) is 16.2. The lowest BCUT2D eigenvalue weighted by molar-refractivity contribution is -0.146. The summed E-state index contributed by atoms with van der Waals surface area (Å²) in [6.45, 7) is -2.93. The van der Waals surface area contributed by atoms with Gasteiger partial charge in [0.2, 0.25) is 0 Å². The van der Waals surface area contributed by atoms with Crippen molar-refractivity contribution in [3.05, 3.63) is 65.4 Å². The molecule has 17 heteroatoms. The van der Waals surface area contributed by atoms with E-state index in [4.69, 9.17) is 4.98 Å². The maximum atomic E-state index is 14.4. The molecule has 1 saturated carbocycles. The van der Waals surface area contributed by atoms with Gasteiger partial charge in [-0.3, -0.25) is 14.7 Å². The van der Waals surface area contributed by atoms with Crippen LogP contribution in [0, 0.1) is 5.82 Å². The van der Waals surface area contributed by atoms with E-state index >= 15 is 0 Å². The Morgan fingerprint density at radius 1 is 1.11 bits per heavy atom. The molecule has 5 heterocycles. The van der Waals surface area contributed by atoms with Crippen LogP contribution in [0.1, 0.15) is 46.2 Å². The Kier molecular flexibility index (Phi) is 8.04. The van der Waals surface area contributed by atoms with Crippen molar-refractivity contribution < 1.29 is 35.9 Å². The van der Waals surface area contributed by atoms with E-state index in [-0.39, 0.29) is 31.0 Å². The number of fused-ring (bicyclic) bond motifs is 1. The zero-order valence-electron chi connectivity index (χ0n) is 23.1. The van der Waals surface area contributed by atoms with Crippen LogP contribution < -0.4 is 15.0 Å². The van der Waals surface area contributed by atoms with Crippen molar-refractivity contribution in [2.45, 2.75) is 44.6 Å². The molecule has 1 N–H and O–H groups in total. The van der Waals surface area contributed by atoms with Gasteiger partial charge in [-0.2, -0.15) is 22.0 Å². The number of anilines is 1. The van der Waals surface area contributed by atoms with Crippen molar-refractivity contribution in [3.8, 4) is 5.75 Å². The van der Waals surface area contributed by atoms with E-state index in [1.165, 1.54) is 15.8 Å². The molecule has 1 aliphatic heterocycles. The number of hydrogen-bond acceptors (Lipinski definition) is 8. The van der Waals surface area contributed by atoms with E-state index in [2.05, 4.69) is 36.3 Å². The number of carbonyl (C=O) groups excluding carboxylic acids is 1. The van der Waals surface area contributed by atoms with Crippen molar-refractivity contribution in [1.82, 2.24) is 39.6 Å². The second-order valence-corrected chi connectivity index (χ2v) is 10.7. The number of hydrogen-bond donors (Lipinski definition) is 1. The zero-order chi connectivity index (χ0) is 31.0. The van der Waals surface area contributed by atoms with Crippen LogP contribution in [0.15, 0.2) is 36.9 Å². The Morgan fingerprint density at radius 3 is 2.59 bits per heavy atom. The number of piperazine rings is 1. The van der Waals surface area contributed by atoms with Crippen LogP contribution >= 0.6 is 0 Å². The lowest BCUT2D eigenvalue weighted by atomic mass is 10.1. The number of aromatic nitrogens is 6. The molecular weight excluding hydrogens is 596 g/mol. The Balaban J connectivity index is 1.14. The van der Waals surface area contributed by atoms with Gasteiger partial charge in [0.25, 0.3) is 5.91 Å². The van der Waals surface area contributed by atoms with Crippen LogP contribution in [0.25, 0.3) is 5.65 Å². The number of pyridine rings is 2. The third-order valence-electron chi connectivity index (χ3n) is 7.42. The number of ether oxygens (including phenoxy) is 1.